The van der Waals surface area contributed by atoms with Crippen LogP contribution in [0.4, 0.5) is 4.39 Å². The van der Waals surface area contributed by atoms with Gasteiger partial charge in [0.05, 0.1) is 21.8 Å². The zero-order chi connectivity index (χ0) is 17.6. The van der Waals surface area contributed by atoms with Crippen LogP contribution >= 0.6 is 11.8 Å². The maximum atomic E-state index is 13.4. The fourth-order valence-corrected chi connectivity index (χ4v) is 3.84. The molecule has 3 aromatic rings. The molecule has 2 aromatic carbocycles. The maximum Gasteiger partial charge on any atom is 0.253 e. The third-order valence-corrected chi connectivity index (χ3v) is 5.11. The van der Waals surface area contributed by atoms with Crippen LogP contribution in [-0.4, -0.2) is 28.3 Å². The zero-order valence-corrected chi connectivity index (χ0v) is 14.4. The smallest absolute Gasteiger partial charge is 0.253 e. The number of carbonyl (C=O) groups is 1. The maximum absolute atomic E-state index is 13.4. The number of aromatic nitrogens is 1. The van der Waals surface area contributed by atoms with Crippen LogP contribution in [0, 0.1) is 11.2 Å². The highest BCUT2D eigenvalue weighted by Gasteiger charge is 2.26. The summed E-state index contributed by atoms with van der Waals surface area (Å²) in [5, 5.41) is 12.7. The lowest BCUT2D eigenvalue weighted by atomic mass is 10.0. The van der Waals surface area contributed by atoms with Crippen molar-refractivity contribution in [3.8, 4) is 11.3 Å². The summed E-state index contributed by atoms with van der Waals surface area (Å²) in [6.07, 6.45) is 1.86. The fraction of sp³-hybridized carbons (Fsp3) is 0.158. The molecule has 0 spiro atoms. The van der Waals surface area contributed by atoms with Gasteiger partial charge in [0.25, 0.3) is 5.91 Å². The van der Waals surface area contributed by atoms with Crippen LogP contribution in [0.1, 0.15) is 15.9 Å². The molecule has 0 fully saturated rings. The third-order valence-electron chi connectivity index (χ3n) is 4.50. The molecule has 1 aliphatic heterocycles. The van der Waals surface area contributed by atoms with Crippen molar-refractivity contribution >= 4 is 33.6 Å². The molecule has 0 unspecified atom stereocenters. The number of hydrogen-bond acceptors (Lipinski definition) is 3. The molecule has 25 heavy (non-hydrogen) atoms. The predicted octanol–water partition coefficient (Wildman–Crippen LogP) is 3.88. The molecule has 0 bridgehead atoms. The van der Waals surface area contributed by atoms with Crippen LogP contribution < -0.4 is 5.32 Å². The molecule has 0 atom stereocenters. The molecule has 1 amide bonds. The Kier molecular flexibility index (Phi) is 3.84. The quantitative estimate of drug-likeness (QED) is 0.543. The summed E-state index contributed by atoms with van der Waals surface area (Å²) in [5.74, 6) is -0.399. The second kappa shape index (κ2) is 6.04. The predicted molar refractivity (Wildman–Crippen MR) is 100 cm³/mol. The highest BCUT2D eigenvalue weighted by atomic mass is 32.2. The van der Waals surface area contributed by atoms with Gasteiger partial charge in [-0.1, -0.05) is 12.1 Å². The Balaban J connectivity index is 2.14. The van der Waals surface area contributed by atoms with Gasteiger partial charge in [-0.05, 0) is 42.2 Å². The van der Waals surface area contributed by atoms with Gasteiger partial charge in [-0.15, -0.1) is 11.8 Å². The zero-order valence-electron chi connectivity index (χ0n) is 13.6. The van der Waals surface area contributed by atoms with Crippen LogP contribution in [0.25, 0.3) is 22.2 Å². The van der Waals surface area contributed by atoms with Gasteiger partial charge in [-0.3, -0.25) is 10.2 Å². The summed E-state index contributed by atoms with van der Waals surface area (Å²) in [4.78, 5) is 12.4. The summed E-state index contributed by atoms with van der Waals surface area (Å²) in [5.41, 5.74) is 3.94. The number of nitrogens with zero attached hydrogens (tertiary/aromatic N) is 1. The summed E-state index contributed by atoms with van der Waals surface area (Å²) < 4.78 is 15.5. The van der Waals surface area contributed by atoms with Crippen molar-refractivity contribution in [3.63, 3.8) is 0 Å². The van der Waals surface area contributed by atoms with Crippen LogP contribution in [0.15, 0.2) is 42.5 Å². The van der Waals surface area contributed by atoms with Crippen molar-refractivity contribution in [1.29, 1.82) is 5.41 Å². The van der Waals surface area contributed by atoms with Gasteiger partial charge in [-0.25, -0.2) is 4.39 Å². The molecule has 1 aromatic heterocycles. The molecule has 0 radical (unpaired) electrons. The summed E-state index contributed by atoms with van der Waals surface area (Å²) in [6, 6.07) is 11.9. The lowest BCUT2D eigenvalue weighted by Crippen LogP contribution is -2.24. The van der Waals surface area contributed by atoms with Crippen LogP contribution in [0.3, 0.4) is 0 Å². The van der Waals surface area contributed by atoms with E-state index in [1.165, 1.54) is 23.9 Å². The third kappa shape index (κ3) is 2.44. The van der Waals surface area contributed by atoms with E-state index in [1.54, 1.807) is 18.2 Å². The SMILES string of the molecule is CSC(=N)c1c(-c2ccc(F)cc2)n2c3c(cccc13)C(=O)NCC2. The van der Waals surface area contributed by atoms with E-state index < -0.39 is 0 Å². The van der Waals surface area contributed by atoms with Gasteiger partial charge in [0.1, 0.15) is 5.82 Å². The number of para-hydroxylation sites is 1. The van der Waals surface area contributed by atoms with E-state index in [-0.39, 0.29) is 11.7 Å². The topological polar surface area (TPSA) is 57.9 Å². The van der Waals surface area contributed by atoms with Crippen LogP contribution in [0.2, 0.25) is 0 Å². The van der Waals surface area contributed by atoms with Crippen molar-refractivity contribution in [3.05, 3.63) is 59.4 Å². The van der Waals surface area contributed by atoms with E-state index in [0.717, 1.165) is 27.7 Å². The van der Waals surface area contributed by atoms with E-state index in [0.29, 0.717) is 23.7 Å². The standard InChI is InChI=1S/C19H16FN3OS/c1-25-18(21)15-13-3-2-4-14-17(13)23(10-9-22-19(14)24)16(15)11-5-7-12(20)8-6-11/h2-8,21H,9-10H2,1H3,(H,22,24). The summed E-state index contributed by atoms with van der Waals surface area (Å²) in [7, 11) is 0. The van der Waals surface area contributed by atoms with E-state index in [9.17, 15) is 9.18 Å². The van der Waals surface area contributed by atoms with Gasteiger partial charge in [0.15, 0.2) is 0 Å². The minimum absolute atomic E-state index is 0.102. The van der Waals surface area contributed by atoms with Gasteiger partial charge < -0.3 is 9.88 Å². The average molecular weight is 353 g/mol. The number of benzene rings is 2. The first-order valence-corrected chi connectivity index (χ1v) is 9.16. The summed E-state index contributed by atoms with van der Waals surface area (Å²) in [6.45, 7) is 1.12. The largest absolute Gasteiger partial charge is 0.350 e. The van der Waals surface area contributed by atoms with E-state index >= 15 is 0 Å². The second-order valence-corrected chi connectivity index (χ2v) is 6.69. The Morgan fingerprint density at radius 1 is 1.24 bits per heavy atom. The van der Waals surface area contributed by atoms with Gasteiger partial charge in [-0.2, -0.15) is 0 Å². The minimum Gasteiger partial charge on any atom is -0.350 e. The Bertz CT molecular complexity index is 1010. The van der Waals surface area contributed by atoms with E-state index in [1.807, 2.05) is 18.4 Å². The van der Waals surface area contributed by atoms with Gasteiger partial charge >= 0.3 is 0 Å². The fourth-order valence-electron chi connectivity index (χ4n) is 3.43. The molecule has 4 nitrogen and oxygen atoms in total. The number of thioether (sulfide) groups is 1. The molecule has 1 aliphatic rings. The lowest BCUT2D eigenvalue weighted by molar-refractivity contribution is 0.0956. The number of halogens is 1. The molecule has 4 rings (SSSR count). The van der Waals surface area contributed by atoms with Crippen molar-refractivity contribution in [2.75, 3.05) is 12.8 Å². The molecule has 0 aliphatic carbocycles. The Morgan fingerprint density at radius 3 is 2.72 bits per heavy atom. The minimum atomic E-state index is -0.297. The molecule has 126 valence electrons. The van der Waals surface area contributed by atoms with Crippen molar-refractivity contribution < 1.29 is 9.18 Å². The molecule has 0 saturated carbocycles. The highest BCUT2D eigenvalue weighted by molar-refractivity contribution is 8.13. The second-order valence-electron chi connectivity index (χ2n) is 5.87. The number of amides is 1. The Hall–Kier alpha value is -2.60. The van der Waals surface area contributed by atoms with Gasteiger partial charge in [0.2, 0.25) is 0 Å². The van der Waals surface area contributed by atoms with Crippen LogP contribution in [-0.2, 0) is 6.54 Å². The Morgan fingerprint density at radius 2 is 2.00 bits per heavy atom. The number of hydrogen-bond donors (Lipinski definition) is 2. The monoisotopic (exact) mass is 353 g/mol. The molecule has 2 N–H and O–H groups in total. The molecule has 6 heteroatoms. The van der Waals surface area contributed by atoms with E-state index in [4.69, 9.17) is 5.41 Å². The van der Waals surface area contributed by atoms with Crippen molar-refractivity contribution in [2.45, 2.75) is 6.54 Å². The summed E-state index contributed by atoms with van der Waals surface area (Å²) >= 11 is 1.36. The first-order valence-electron chi connectivity index (χ1n) is 7.94. The van der Waals surface area contributed by atoms with Crippen molar-refractivity contribution in [1.82, 2.24) is 9.88 Å². The highest BCUT2D eigenvalue weighted by Crippen LogP contribution is 2.38. The number of nitrogens with one attached hydrogen (secondary N) is 2. The first kappa shape index (κ1) is 15.9. The number of rotatable bonds is 2. The number of carbonyl (C=O) groups excluding carboxylic acids is 1. The molecule has 0 saturated heterocycles. The van der Waals surface area contributed by atoms with E-state index in [2.05, 4.69) is 9.88 Å². The average Bonchev–Trinajstić information content (AvgIpc) is 2.86. The molecular weight excluding hydrogens is 337 g/mol. The van der Waals surface area contributed by atoms with Crippen molar-refractivity contribution in [2.24, 2.45) is 0 Å². The first-order chi connectivity index (χ1) is 12.1. The normalized spacial score (nSPS) is 13.6. The van der Waals surface area contributed by atoms with Crippen LogP contribution in [0.5, 0.6) is 0 Å². The van der Waals surface area contributed by atoms with Gasteiger partial charge in [0, 0.05) is 24.0 Å². The lowest BCUT2D eigenvalue weighted by Gasteiger charge is -2.11. The Labute approximate surface area is 148 Å². The molecular formula is C19H16FN3OS. The molecule has 2 heterocycles.